The lowest BCUT2D eigenvalue weighted by molar-refractivity contribution is -0.137. The molecule has 1 aliphatic heterocycles. The zero-order chi connectivity index (χ0) is 19.2. The smallest absolute Gasteiger partial charge is 0.303 e. The number of ether oxygens (including phenoxy) is 2. The molecule has 0 bridgehead atoms. The molecule has 1 saturated heterocycles. The monoisotopic (exact) mass is 368 g/mol. The van der Waals surface area contributed by atoms with Gasteiger partial charge in [-0.3, -0.25) is 9.59 Å². The lowest BCUT2D eigenvalue weighted by Gasteiger charge is -2.40. The van der Waals surface area contributed by atoms with Crippen molar-refractivity contribution in [2.24, 2.45) is 11.8 Å². The van der Waals surface area contributed by atoms with E-state index < -0.39 is 5.97 Å². The highest BCUT2D eigenvalue weighted by atomic mass is 16.5. The number of aliphatic carboxylic acids is 1. The molecular weight excluding hydrogens is 344 g/mol. The molecular formula is C22H24O5. The Morgan fingerprint density at radius 1 is 1.37 bits per heavy atom. The lowest BCUT2D eigenvalue weighted by Crippen LogP contribution is -2.47. The Morgan fingerprint density at radius 2 is 2.19 bits per heavy atom. The molecule has 5 heteroatoms. The van der Waals surface area contributed by atoms with Crippen LogP contribution in [0.4, 0.5) is 0 Å². The van der Waals surface area contributed by atoms with E-state index in [4.69, 9.17) is 14.6 Å². The summed E-state index contributed by atoms with van der Waals surface area (Å²) in [5, 5.41) is 8.73. The second kappa shape index (κ2) is 6.55. The fourth-order valence-corrected chi connectivity index (χ4v) is 4.53. The molecule has 1 heterocycles. The van der Waals surface area contributed by atoms with Crippen LogP contribution in [-0.2, 0) is 14.9 Å². The minimum absolute atomic E-state index is 0.0804. The molecule has 1 aromatic carbocycles. The molecule has 3 aliphatic rings. The fraction of sp³-hybridized carbons (Fsp3) is 0.455. The number of carbonyl (C=O) groups is 2. The number of carboxylic acids is 1. The zero-order valence-electron chi connectivity index (χ0n) is 15.6. The maximum atomic E-state index is 13.3. The first-order chi connectivity index (χ1) is 12.9. The molecule has 142 valence electrons. The van der Waals surface area contributed by atoms with Crippen LogP contribution in [0.25, 0.3) is 0 Å². The van der Waals surface area contributed by atoms with Crippen molar-refractivity contribution in [1.29, 1.82) is 0 Å². The molecule has 2 unspecified atom stereocenters. The van der Waals surface area contributed by atoms with E-state index in [9.17, 15) is 9.59 Å². The topological polar surface area (TPSA) is 72.8 Å². The van der Waals surface area contributed by atoms with E-state index in [2.05, 4.69) is 19.9 Å². The summed E-state index contributed by atoms with van der Waals surface area (Å²) in [6.45, 7) is 4.58. The van der Waals surface area contributed by atoms with Crippen molar-refractivity contribution in [2.75, 3.05) is 6.61 Å². The summed E-state index contributed by atoms with van der Waals surface area (Å²) in [7, 11) is 0. The summed E-state index contributed by atoms with van der Waals surface area (Å²) in [6, 6.07) is 5.58. The third-order valence-electron chi connectivity index (χ3n) is 5.94. The fourth-order valence-electron chi connectivity index (χ4n) is 4.53. The molecule has 0 amide bonds. The van der Waals surface area contributed by atoms with Gasteiger partial charge in [-0.2, -0.15) is 0 Å². The first-order valence-corrected chi connectivity index (χ1v) is 9.46. The highest BCUT2D eigenvalue weighted by Gasteiger charge is 2.56. The summed E-state index contributed by atoms with van der Waals surface area (Å²) in [6.07, 6.45) is 7.27. The summed E-state index contributed by atoms with van der Waals surface area (Å²) in [5.41, 5.74) is 1.36. The van der Waals surface area contributed by atoms with Gasteiger partial charge in [0, 0.05) is 23.3 Å². The van der Waals surface area contributed by atoms with Crippen molar-refractivity contribution in [2.45, 2.75) is 44.6 Å². The number of carboxylic acid groups (broad SMARTS) is 1. The average molecular weight is 368 g/mol. The molecule has 1 aromatic rings. The van der Waals surface area contributed by atoms with Crippen molar-refractivity contribution in [3.63, 3.8) is 0 Å². The number of ketones is 1. The molecule has 0 aromatic heterocycles. The predicted octanol–water partition coefficient (Wildman–Crippen LogP) is 3.88. The molecule has 4 rings (SSSR count). The van der Waals surface area contributed by atoms with E-state index in [0.717, 1.165) is 23.3 Å². The van der Waals surface area contributed by atoms with Gasteiger partial charge in [-0.05, 0) is 42.7 Å². The van der Waals surface area contributed by atoms with Gasteiger partial charge >= 0.3 is 5.97 Å². The Bertz CT molecular complexity index is 848. The number of hydrogen-bond donors (Lipinski definition) is 1. The Balaban J connectivity index is 1.61. The van der Waals surface area contributed by atoms with Gasteiger partial charge in [0.2, 0.25) is 0 Å². The quantitative estimate of drug-likeness (QED) is 0.799. The van der Waals surface area contributed by atoms with Crippen molar-refractivity contribution < 1.29 is 24.2 Å². The SMILES string of the molecule is CC1(C)c2cc(OCCCC(=O)O)ccc2C(=O)[C@H]2C3CC=CC=C3OC21. The van der Waals surface area contributed by atoms with Crippen LogP contribution < -0.4 is 4.74 Å². The second-order valence-electron chi connectivity index (χ2n) is 8.04. The van der Waals surface area contributed by atoms with Gasteiger partial charge in [0.25, 0.3) is 0 Å². The first-order valence-electron chi connectivity index (χ1n) is 9.46. The van der Waals surface area contributed by atoms with Crippen molar-refractivity contribution >= 4 is 11.8 Å². The van der Waals surface area contributed by atoms with E-state index in [0.29, 0.717) is 18.8 Å². The minimum Gasteiger partial charge on any atom is -0.494 e. The number of rotatable bonds is 5. The summed E-state index contributed by atoms with van der Waals surface area (Å²) >= 11 is 0. The van der Waals surface area contributed by atoms with E-state index in [1.807, 2.05) is 24.3 Å². The van der Waals surface area contributed by atoms with Crippen LogP contribution in [0.5, 0.6) is 5.75 Å². The molecule has 3 atom stereocenters. The van der Waals surface area contributed by atoms with E-state index in [1.54, 1.807) is 6.07 Å². The molecule has 5 nitrogen and oxygen atoms in total. The Morgan fingerprint density at radius 3 is 2.96 bits per heavy atom. The van der Waals surface area contributed by atoms with Gasteiger partial charge in [-0.1, -0.05) is 26.0 Å². The predicted molar refractivity (Wildman–Crippen MR) is 99.9 cm³/mol. The van der Waals surface area contributed by atoms with Crippen molar-refractivity contribution in [3.8, 4) is 5.75 Å². The van der Waals surface area contributed by atoms with Gasteiger partial charge in [-0.25, -0.2) is 0 Å². The second-order valence-corrected chi connectivity index (χ2v) is 8.04. The Labute approximate surface area is 158 Å². The largest absolute Gasteiger partial charge is 0.494 e. The maximum Gasteiger partial charge on any atom is 0.303 e. The first kappa shape index (κ1) is 17.8. The molecule has 1 fully saturated rings. The summed E-state index contributed by atoms with van der Waals surface area (Å²) in [5.74, 6) is 0.889. The highest BCUT2D eigenvalue weighted by molar-refractivity contribution is 6.02. The summed E-state index contributed by atoms with van der Waals surface area (Å²) < 4.78 is 12.0. The number of hydrogen-bond acceptors (Lipinski definition) is 4. The molecule has 0 radical (unpaired) electrons. The van der Waals surface area contributed by atoms with Gasteiger partial charge < -0.3 is 14.6 Å². The standard InChI is InChI=1S/C22H24O5/c1-22(2)16-12-13(26-11-5-8-18(23)24)9-10-14(16)20(25)19-15-6-3-4-7-17(15)27-21(19)22/h3-4,7,9-10,12,15,19,21H,5-6,8,11H2,1-2H3,(H,23,24)/t15?,19-,21?/m1/s1. The van der Waals surface area contributed by atoms with Crippen molar-refractivity contribution in [3.05, 3.63) is 53.3 Å². The van der Waals surface area contributed by atoms with Gasteiger partial charge in [0.1, 0.15) is 17.6 Å². The van der Waals surface area contributed by atoms with Crippen LogP contribution in [0.2, 0.25) is 0 Å². The van der Waals surface area contributed by atoms with Crippen molar-refractivity contribution in [1.82, 2.24) is 0 Å². The molecule has 0 saturated carbocycles. The Hall–Kier alpha value is -2.56. The van der Waals surface area contributed by atoms with Gasteiger partial charge in [0.15, 0.2) is 5.78 Å². The highest BCUT2D eigenvalue weighted by Crippen LogP contribution is 2.52. The third-order valence-corrected chi connectivity index (χ3v) is 5.94. The van der Waals surface area contributed by atoms with Gasteiger partial charge in [-0.15, -0.1) is 0 Å². The lowest BCUT2D eigenvalue weighted by atomic mass is 9.63. The molecule has 1 N–H and O–H groups in total. The van der Waals surface area contributed by atoms with Crippen LogP contribution in [0, 0.1) is 11.8 Å². The Kier molecular flexibility index (Phi) is 4.33. The number of allylic oxidation sites excluding steroid dienone is 4. The average Bonchev–Trinajstić information content (AvgIpc) is 3.04. The van der Waals surface area contributed by atoms with Crippen LogP contribution in [-0.4, -0.2) is 29.6 Å². The van der Waals surface area contributed by atoms with E-state index >= 15 is 0 Å². The third kappa shape index (κ3) is 2.95. The van der Waals surface area contributed by atoms with E-state index in [-0.39, 0.29) is 35.6 Å². The zero-order valence-corrected chi connectivity index (χ0v) is 15.6. The van der Waals surface area contributed by atoms with Crippen LogP contribution in [0.3, 0.4) is 0 Å². The molecule has 2 aliphatic carbocycles. The van der Waals surface area contributed by atoms with Crippen LogP contribution in [0.1, 0.15) is 49.0 Å². The normalized spacial score (nSPS) is 27.1. The van der Waals surface area contributed by atoms with Crippen LogP contribution >= 0.6 is 0 Å². The van der Waals surface area contributed by atoms with E-state index in [1.165, 1.54) is 0 Å². The number of benzene rings is 1. The van der Waals surface area contributed by atoms with Gasteiger partial charge in [0.05, 0.1) is 12.5 Å². The minimum atomic E-state index is -0.828. The van der Waals surface area contributed by atoms with Crippen LogP contribution in [0.15, 0.2) is 42.2 Å². The number of Topliss-reactive ketones (excluding diaryl/α,β-unsaturated/α-hetero) is 1. The molecule has 27 heavy (non-hydrogen) atoms. The number of fused-ring (bicyclic) bond motifs is 4. The number of carbonyl (C=O) groups excluding carboxylic acids is 1. The maximum absolute atomic E-state index is 13.3. The summed E-state index contributed by atoms with van der Waals surface area (Å²) in [4.78, 5) is 23.9. The molecule has 0 spiro atoms.